The van der Waals surface area contributed by atoms with Crippen LogP contribution in [0.5, 0.6) is 5.75 Å². The lowest BCUT2D eigenvalue weighted by atomic mass is 9.84. The lowest BCUT2D eigenvalue weighted by Gasteiger charge is -2.30. The number of hydrogen-bond acceptors (Lipinski definition) is 2. The summed E-state index contributed by atoms with van der Waals surface area (Å²) in [5.41, 5.74) is 1.43. The van der Waals surface area contributed by atoms with E-state index in [9.17, 15) is 5.11 Å². The second-order valence-corrected chi connectivity index (χ2v) is 4.92. The van der Waals surface area contributed by atoms with Gasteiger partial charge in [-0.15, -0.1) is 0 Å². The lowest BCUT2D eigenvalue weighted by Crippen LogP contribution is -2.29. The van der Waals surface area contributed by atoms with Crippen molar-refractivity contribution in [3.8, 4) is 5.75 Å². The van der Waals surface area contributed by atoms with Gasteiger partial charge in [-0.2, -0.15) is 0 Å². The summed E-state index contributed by atoms with van der Waals surface area (Å²) in [6.45, 7) is 4.17. The zero-order valence-electron chi connectivity index (χ0n) is 10.3. The van der Waals surface area contributed by atoms with E-state index in [-0.39, 0.29) is 0 Å². The Labute approximate surface area is 97.3 Å². The first-order valence-corrected chi connectivity index (χ1v) is 5.95. The van der Waals surface area contributed by atoms with E-state index in [1.54, 1.807) is 7.11 Å². The zero-order valence-corrected chi connectivity index (χ0v) is 10.3. The molecular weight excluding hydrogens is 200 g/mol. The maximum absolute atomic E-state index is 10.8. The standard InChI is InChI=1S/C14H20O2/c1-10-6-7-13(16-3)12(9-10)14(15)8-4-5-11(14)2/h6-7,9,11,15H,4-5,8H2,1-3H3. The molecule has 2 rings (SSSR count). The summed E-state index contributed by atoms with van der Waals surface area (Å²) in [5, 5.41) is 10.8. The largest absolute Gasteiger partial charge is 0.496 e. The second-order valence-electron chi connectivity index (χ2n) is 4.92. The van der Waals surface area contributed by atoms with Crippen molar-refractivity contribution in [1.29, 1.82) is 0 Å². The minimum absolute atomic E-state index is 0.309. The molecule has 0 saturated heterocycles. The van der Waals surface area contributed by atoms with Crippen molar-refractivity contribution in [3.63, 3.8) is 0 Å². The van der Waals surface area contributed by atoms with Gasteiger partial charge >= 0.3 is 0 Å². The molecule has 0 aliphatic heterocycles. The van der Waals surface area contributed by atoms with E-state index >= 15 is 0 Å². The highest BCUT2D eigenvalue weighted by Gasteiger charge is 2.41. The topological polar surface area (TPSA) is 29.5 Å². The van der Waals surface area contributed by atoms with Crippen molar-refractivity contribution in [1.82, 2.24) is 0 Å². The van der Waals surface area contributed by atoms with Crippen molar-refractivity contribution in [2.24, 2.45) is 5.92 Å². The molecular formula is C14H20O2. The normalized spacial score (nSPS) is 29.4. The van der Waals surface area contributed by atoms with E-state index in [0.717, 1.165) is 30.6 Å². The molecule has 2 heteroatoms. The second kappa shape index (κ2) is 4.10. The number of benzene rings is 1. The number of aliphatic hydroxyl groups is 1. The van der Waals surface area contributed by atoms with Crippen LogP contribution >= 0.6 is 0 Å². The number of hydrogen-bond donors (Lipinski definition) is 1. The summed E-state index contributed by atoms with van der Waals surface area (Å²) in [6, 6.07) is 6.03. The summed E-state index contributed by atoms with van der Waals surface area (Å²) in [5.74, 6) is 1.12. The molecule has 2 nitrogen and oxygen atoms in total. The Morgan fingerprint density at radius 1 is 1.44 bits per heavy atom. The van der Waals surface area contributed by atoms with E-state index in [1.807, 2.05) is 19.1 Å². The minimum Gasteiger partial charge on any atom is -0.496 e. The van der Waals surface area contributed by atoms with Crippen LogP contribution in [0.1, 0.15) is 37.3 Å². The first-order valence-electron chi connectivity index (χ1n) is 5.95. The highest BCUT2D eigenvalue weighted by molar-refractivity contribution is 5.41. The molecule has 1 aromatic rings. The molecule has 0 amide bonds. The molecule has 0 heterocycles. The maximum atomic E-state index is 10.8. The molecule has 0 spiro atoms. The third kappa shape index (κ3) is 1.71. The minimum atomic E-state index is -0.697. The smallest absolute Gasteiger partial charge is 0.124 e. The molecule has 16 heavy (non-hydrogen) atoms. The van der Waals surface area contributed by atoms with Crippen molar-refractivity contribution in [3.05, 3.63) is 29.3 Å². The van der Waals surface area contributed by atoms with Gasteiger partial charge in [0.05, 0.1) is 12.7 Å². The van der Waals surface area contributed by atoms with E-state index in [0.29, 0.717) is 5.92 Å². The van der Waals surface area contributed by atoms with Gasteiger partial charge in [0.2, 0.25) is 0 Å². The van der Waals surface area contributed by atoms with E-state index in [4.69, 9.17) is 4.74 Å². The molecule has 2 unspecified atom stereocenters. The van der Waals surface area contributed by atoms with Gasteiger partial charge in [-0.1, -0.05) is 18.6 Å². The van der Waals surface area contributed by atoms with Crippen LogP contribution in [-0.2, 0) is 5.60 Å². The average Bonchev–Trinajstić information content (AvgIpc) is 2.60. The Balaban J connectivity index is 2.49. The van der Waals surface area contributed by atoms with Crippen LogP contribution in [0.25, 0.3) is 0 Å². The molecule has 0 aromatic heterocycles. The highest BCUT2D eigenvalue weighted by atomic mass is 16.5. The quantitative estimate of drug-likeness (QED) is 0.830. The predicted octanol–water partition coefficient (Wildman–Crippen LogP) is 3.01. The van der Waals surface area contributed by atoms with Crippen LogP contribution in [-0.4, -0.2) is 12.2 Å². The molecule has 0 radical (unpaired) electrons. The van der Waals surface area contributed by atoms with Crippen molar-refractivity contribution < 1.29 is 9.84 Å². The van der Waals surface area contributed by atoms with Crippen molar-refractivity contribution in [2.45, 2.75) is 38.7 Å². The summed E-state index contributed by atoms with van der Waals surface area (Å²) in [4.78, 5) is 0. The Kier molecular flexibility index (Phi) is 2.94. The third-order valence-corrected chi connectivity index (χ3v) is 3.83. The Morgan fingerprint density at radius 2 is 2.19 bits per heavy atom. The fraction of sp³-hybridized carbons (Fsp3) is 0.571. The summed E-state index contributed by atoms with van der Waals surface area (Å²) >= 11 is 0. The summed E-state index contributed by atoms with van der Waals surface area (Å²) in [6.07, 6.45) is 3.02. The van der Waals surface area contributed by atoms with Crippen LogP contribution in [0.15, 0.2) is 18.2 Å². The van der Waals surface area contributed by atoms with Gasteiger partial charge in [-0.25, -0.2) is 0 Å². The van der Waals surface area contributed by atoms with Gasteiger partial charge in [0, 0.05) is 5.56 Å². The highest BCUT2D eigenvalue weighted by Crippen LogP contribution is 2.46. The monoisotopic (exact) mass is 220 g/mol. The van der Waals surface area contributed by atoms with Crippen molar-refractivity contribution >= 4 is 0 Å². The molecule has 2 atom stereocenters. The Bertz CT molecular complexity index is 386. The molecule has 88 valence electrons. The first kappa shape index (κ1) is 11.5. The maximum Gasteiger partial charge on any atom is 0.124 e. The van der Waals surface area contributed by atoms with Gasteiger partial charge in [0.15, 0.2) is 0 Å². The molecule has 1 aliphatic carbocycles. The Hall–Kier alpha value is -1.02. The predicted molar refractivity (Wildman–Crippen MR) is 64.6 cm³/mol. The average molecular weight is 220 g/mol. The van der Waals surface area contributed by atoms with Gasteiger partial charge in [-0.3, -0.25) is 0 Å². The van der Waals surface area contributed by atoms with E-state index in [2.05, 4.69) is 13.0 Å². The summed E-state index contributed by atoms with van der Waals surface area (Å²) in [7, 11) is 1.66. The summed E-state index contributed by atoms with van der Waals surface area (Å²) < 4.78 is 5.37. The first-order chi connectivity index (χ1) is 7.58. The van der Waals surface area contributed by atoms with Crippen LogP contribution in [0.4, 0.5) is 0 Å². The lowest BCUT2D eigenvalue weighted by molar-refractivity contribution is 0.00236. The molecule has 1 aromatic carbocycles. The van der Waals surface area contributed by atoms with Gasteiger partial charge < -0.3 is 9.84 Å². The molecule has 1 fully saturated rings. The van der Waals surface area contributed by atoms with E-state index in [1.165, 1.54) is 5.56 Å². The molecule has 1 saturated carbocycles. The van der Waals surface area contributed by atoms with Crippen molar-refractivity contribution in [2.75, 3.05) is 7.11 Å². The van der Waals surface area contributed by atoms with Crippen LogP contribution < -0.4 is 4.74 Å². The number of ether oxygens (including phenoxy) is 1. The molecule has 1 aliphatic rings. The third-order valence-electron chi connectivity index (χ3n) is 3.83. The van der Waals surface area contributed by atoms with Crippen LogP contribution in [0, 0.1) is 12.8 Å². The Morgan fingerprint density at radius 3 is 2.75 bits per heavy atom. The number of aryl methyl sites for hydroxylation is 1. The molecule has 0 bridgehead atoms. The van der Waals surface area contributed by atoms with Gasteiger partial charge in [0.1, 0.15) is 5.75 Å². The van der Waals surface area contributed by atoms with Gasteiger partial charge in [0.25, 0.3) is 0 Å². The van der Waals surface area contributed by atoms with Crippen LogP contribution in [0.3, 0.4) is 0 Å². The number of methoxy groups -OCH3 is 1. The number of rotatable bonds is 2. The van der Waals surface area contributed by atoms with E-state index < -0.39 is 5.60 Å². The SMILES string of the molecule is COc1ccc(C)cc1C1(O)CCCC1C. The fourth-order valence-electron chi connectivity index (χ4n) is 2.72. The fourth-order valence-corrected chi connectivity index (χ4v) is 2.72. The molecule has 1 N–H and O–H groups in total. The zero-order chi connectivity index (χ0) is 11.8. The van der Waals surface area contributed by atoms with Crippen LogP contribution in [0.2, 0.25) is 0 Å². The van der Waals surface area contributed by atoms with Gasteiger partial charge in [-0.05, 0) is 44.2 Å².